The number of benzene rings is 1. The molecule has 1 aliphatic heterocycles. The molecular weight excluding hydrogens is 322 g/mol. The van der Waals surface area contributed by atoms with Crippen LogP contribution in [0.4, 0.5) is 5.69 Å². The Hall–Kier alpha value is -1.37. The van der Waals surface area contributed by atoms with Crippen molar-refractivity contribution in [3.63, 3.8) is 0 Å². The molecule has 2 aliphatic rings. The van der Waals surface area contributed by atoms with E-state index in [9.17, 15) is 8.76 Å². The predicted molar refractivity (Wildman–Crippen MR) is 98.0 cm³/mol. The highest BCUT2D eigenvalue weighted by molar-refractivity contribution is 7.80. The number of nitrogens with one attached hydrogen (secondary N) is 1. The first kappa shape index (κ1) is 17.5. The molecule has 132 valence electrons. The number of rotatable bonds is 6. The third-order valence-electron chi connectivity index (χ3n) is 5.16. The topological polar surface area (TPSA) is 58.6 Å². The van der Waals surface area contributed by atoms with Crippen LogP contribution in [0.5, 0.6) is 0 Å². The van der Waals surface area contributed by atoms with Crippen LogP contribution in [0.1, 0.15) is 31.2 Å². The van der Waals surface area contributed by atoms with Gasteiger partial charge in [-0.05, 0) is 36.5 Å². The van der Waals surface area contributed by atoms with E-state index >= 15 is 0 Å². The van der Waals surface area contributed by atoms with Gasteiger partial charge in [-0.15, -0.1) is 0 Å². The summed E-state index contributed by atoms with van der Waals surface area (Å²) in [7, 11) is 0. The summed E-state index contributed by atoms with van der Waals surface area (Å²) in [5.41, 5.74) is 2.63. The van der Waals surface area contributed by atoms with Crippen LogP contribution in [0, 0.1) is 5.92 Å². The number of hydrogen-bond donors (Lipinski definition) is 1. The number of nitrogens with zero attached hydrogens (tertiary/aromatic N) is 2. The fourth-order valence-corrected chi connectivity index (χ4v) is 4.10. The van der Waals surface area contributed by atoms with Crippen molar-refractivity contribution in [3.8, 4) is 0 Å². The predicted octanol–water partition coefficient (Wildman–Crippen LogP) is 2.67. The van der Waals surface area contributed by atoms with Crippen LogP contribution in [-0.4, -0.2) is 51.3 Å². The van der Waals surface area contributed by atoms with Gasteiger partial charge in [0.1, 0.15) is 0 Å². The van der Waals surface area contributed by atoms with Gasteiger partial charge < -0.3 is 14.2 Å². The maximum Gasteiger partial charge on any atom is 0.0452 e. The minimum absolute atomic E-state index is 0.571. The van der Waals surface area contributed by atoms with E-state index < -0.39 is 11.3 Å². The second kappa shape index (κ2) is 8.14. The van der Waals surface area contributed by atoms with Crippen LogP contribution in [0.2, 0.25) is 0 Å². The average Bonchev–Trinajstić information content (AvgIpc) is 3.08. The molecule has 2 fully saturated rings. The minimum atomic E-state index is -2.28. The molecule has 1 atom stereocenters. The molecule has 1 heterocycles. The van der Waals surface area contributed by atoms with E-state index in [-0.39, 0.29) is 0 Å². The Balaban J connectivity index is 1.50. The van der Waals surface area contributed by atoms with Gasteiger partial charge in [-0.3, -0.25) is 9.11 Å². The largest absolute Gasteiger partial charge is 0.755 e. The van der Waals surface area contributed by atoms with Gasteiger partial charge in [-0.1, -0.05) is 31.6 Å². The summed E-state index contributed by atoms with van der Waals surface area (Å²) in [4.78, 5) is 4.93. The van der Waals surface area contributed by atoms with E-state index in [4.69, 9.17) is 0 Å². The Labute approximate surface area is 147 Å². The molecule has 1 aromatic rings. The lowest BCUT2D eigenvalue weighted by Gasteiger charge is -2.38. The van der Waals surface area contributed by atoms with Crippen LogP contribution in [-0.2, 0) is 11.3 Å². The fourth-order valence-electron chi connectivity index (χ4n) is 3.77. The number of piperazine rings is 1. The first-order valence-corrected chi connectivity index (χ1v) is 9.82. The van der Waals surface area contributed by atoms with E-state index in [1.165, 1.54) is 32.2 Å². The Morgan fingerprint density at radius 3 is 2.38 bits per heavy atom. The van der Waals surface area contributed by atoms with Crippen LogP contribution in [0.15, 0.2) is 30.8 Å². The van der Waals surface area contributed by atoms with Gasteiger partial charge in [0.15, 0.2) is 0 Å². The zero-order chi connectivity index (χ0) is 16.9. The Morgan fingerprint density at radius 1 is 1.17 bits per heavy atom. The molecule has 1 N–H and O–H groups in total. The molecule has 0 spiro atoms. The monoisotopic (exact) mass is 348 g/mol. The summed E-state index contributed by atoms with van der Waals surface area (Å²) in [5.74, 6) is 0.909. The minimum Gasteiger partial charge on any atom is -0.755 e. The van der Waals surface area contributed by atoms with Crippen LogP contribution in [0.25, 0.3) is 5.70 Å². The summed E-state index contributed by atoms with van der Waals surface area (Å²) in [6.45, 7) is 9.71. The van der Waals surface area contributed by atoms with Crippen molar-refractivity contribution < 1.29 is 8.76 Å². The van der Waals surface area contributed by atoms with Crippen molar-refractivity contribution in [1.29, 1.82) is 0 Å². The summed E-state index contributed by atoms with van der Waals surface area (Å²) in [6, 6.07) is 7.38. The van der Waals surface area contributed by atoms with Crippen molar-refractivity contribution in [2.75, 3.05) is 37.4 Å². The maximum absolute atomic E-state index is 10.6. The summed E-state index contributed by atoms with van der Waals surface area (Å²) >= 11 is -2.28. The molecule has 1 aliphatic carbocycles. The molecule has 0 radical (unpaired) electrons. The first-order chi connectivity index (χ1) is 11.6. The zero-order valence-electron chi connectivity index (χ0n) is 14.1. The highest BCUT2D eigenvalue weighted by Gasteiger charge is 2.23. The molecule has 1 aromatic carbocycles. The van der Waals surface area contributed by atoms with Gasteiger partial charge >= 0.3 is 0 Å². The second-order valence-corrected chi connectivity index (χ2v) is 7.47. The van der Waals surface area contributed by atoms with Gasteiger partial charge in [0, 0.05) is 55.4 Å². The zero-order valence-corrected chi connectivity index (χ0v) is 14.9. The quantitative estimate of drug-likeness (QED) is 0.803. The van der Waals surface area contributed by atoms with Gasteiger partial charge in [0.05, 0.1) is 0 Å². The van der Waals surface area contributed by atoms with Gasteiger partial charge in [0.2, 0.25) is 0 Å². The Morgan fingerprint density at radius 2 is 1.79 bits per heavy atom. The molecule has 6 heteroatoms. The molecule has 0 bridgehead atoms. The van der Waals surface area contributed by atoms with Gasteiger partial charge in [-0.2, -0.15) is 0 Å². The molecular formula is C18H26N3O2S-. The van der Waals surface area contributed by atoms with E-state index in [0.29, 0.717) is 5.69 Å². The fraction of sp³-hybridized carbons (Fsp3) is 0.556. The molecule has 0 aromatic heterocycles. The van der Waals surface area contributed by atoms with Crippen LogP contribution >= 0.6 is 0 Å². The standard InChI is InChI=1S/C18H27N3O2S/c1-15(17-6-8-18(9-7-17)19-24(22)23)21-12-10-20(11-13-21)14-16-4-2-3-5-16/h6-9,16,19H,1-5,10-14H2,(H,22,23)/p-1. The van der Waals surface area contributed by atoms with Crippen LogP contribution in [0.3, 0.4) is 0 Å². The van der Waals surface area contributed by atoms with Gasteiger partial charge in [-0.25, -0.2) is 0 Å². The molecule has 1 saturated heterocycles. The number of anilines is 1. The summed E-state index contributed by atoms with van der Waals surface area (Å²) < 4.78 is 23.7. The van der Waals surface area contributed by atoms with E-state index in [1.54, 1.807) is 12.1 Å². The lowest BCUT2D eigenvalue weighted by molar-refractivity contribution is 0.155. The lowest BCUT2D eigenvalue weighted by atomic mass is 10.1. The normalized spacial score (nSPS) is 21.0. The Bertz CT molecular complexity index is 576. The Kier molecular flexibility index (Phi) is 5.92. The maximum atomic E-state index is 10.6. The van der Waals surface area contributed by atoms with Crippen molar-refractivity contribution in [2.24, 2.45) is 5.92 Å². The summed E-state index contributed by atoms with van der Waals surface area (Å²) in [6.07, 6.45) is 5.63. The molecule has 5 nitrogen and oxygen atoms in total. The van der Waals surface area contributed by atoms with E-state index in [0.717, 1.165) is 43.4 Å². The average molecular weight is 348 g/mol. The van der Waals surface area contributed by atoms with Crippen molar-refractivity contribution >= 4 is 22.7 Å². The number of hydrogen-bond acceptors (Lipinski definition) is 4. The smallest absolute Gasteiger partial charge is 0.0452 e. The molecule has 3 rings (SSSR count). The lowest BCUT2D eigenvalue weighted by Crippen LogP contribution is -2.46. The molecule has 1 saturated carbocycles. The SMILES string of the molecule is C=C(c1ccc(NS(=O)[O-])cc1)N1CCN(CC2CCCC2)CC1. The second-order valence-electron chi connectivity index (χ2n) is 6.80. The van der Waals surface area contributed by atoms with E-state index in [2.05, 4.69) is 21.1 Å². The third-order valence-corrected chi connectivity index (χ3v) is 5.57. The first-order valence-electron chi connectivity index (χ1n) is 8.74. The third kappa shape index (κ3) is 4.59. The molecule has 1 unspecified atom stereocenters. The summed E-state index contributed by atoms with van der Waals surface area (Å²) in [5, 5.41) is 0. The van der Waals surface area contributed by atoms with E-state index in [1.807, 2.05) is 12.1 Å². The van der Waals surface area contributed by atoms with Crippen molar-refractivity contribution in [2.45, 2.75) is 25.7 Å². The molecule has 0 amide bonds. The highest BCUT2D eigenvalue weighted by Crippen LogP contribution is 2.26. The highest BCUT2D eigenvalue weighted by atomic mass is 32.2. The molecule has 24 heavy (non-hydrogen) atoms. The van der Waals surface area contributed by atoms with Gasteiger partial charge in [0.25, 0.3) is 0 Å². The van der Waals surface area contributed by atoms with Crippen LogP contribution < -0.4 is 4.72 Å². The van der Waals surface area contributed by atoms with Crippen molar-refractivity contribution in [3.05, 3.63) is 36.4 Å². The van der Waals surface area contributed by atoms with Crippen molar-refractivity contribution in [1.82, 2.24) is 9.80 Å².